The first-order valence-corrected chi connectivity index (χ1v) is 5.18. The predicted molar refractivity (Wildman–Crippen MR) is 54.4 cm³/mol. The molecule has 0 fully saturated rings. The fourth-order valence-corrected chi connectivity index (χ4v) is 1.52. The molecule has 1 heteroatoms. The molecule has 0 saturated carbocycles. The van der Waals surface area contributed by atoms with Crippen LogP contribution in [0.25, 0.3) is 0 Å². The minimum Gasteiger partial charge on any atom is -0.375 e. The number of hydrogen-bond donors (Lipinski definition) is 0. The Kier molecular flexibility index (Phi) is 5.56. The van der Waals surface area contributed by atoms with Crippen LogP contribution in [-0.4, -0.2) is 12.2 Å². The molecule has 1 atom stereocenters. The molecule has 12 heavy (non-hydrogen) atoms. The normalized spacial score (nSPS) is 16.5. The van der Waals surface area contributed by atoms with Crippen LogP contribution in [0.4, 0.5) is 0 Å². The largest absolute Gasteiger partial charge is 0.375 e. The summed E-state index contributed by atoms with van der Waals surface area (Å²) in [6.07, 6.45) is 3.41. The second-order valence-electron chi connectivity index (χ2n) is 4.25. The zero-order valence-electron chi connectivity index (χ0n) is 9.31. The SMILES string of the molecule is CCCOC(C)(CC)CC(C)C. The molecule has 0 amide bonds. The van der Waals surface area contributed by atoms with Gasteiger partial charge in [0.05, 0.1) is 5.60 Å². The molecule has 0 heterocycles. The summed E-state index contributed by atoms with van der Waals surface area (Å²) >= 11 is 0. The summed E-state index contributed by atoms with van der Waals surface area (Å²) in [7, 11) is 0. The van der Waals surface area contributed by atoms with Crippen molar-refractivity contribution in [1.82, 2.24) is 0 Å². The van der Waals surface area contributed by atoms with Gasteiger partial charge in [0, 0.05) is 6.61 Å². The highest BCUT2D eigenvalue weighted by Gasteiger charge is 2.23. The van der Waals surface area contributed by atoms with Gasteiger partial charge in [0.2, 0.25) is 0 Å². The molecule has 0 aliphatic heterocycles. The molecule has 0 aromatic heterocycles. The smallest absolute Gasteiger partial charge is 0.0654 e. The molecule has 1 nitrogen and oxygen atoms in total. The molecule has 0 radical (unpaired) electrons. The minimum atomic E-state index is 0.115. The van der Waals surface area contributed by atoms with Crippen molar-refractivity contribution in [2.75, 3.05) is 6.61 Å². The van der Waals surface area contributed by atoms with Gasteiger partial charge in [0.15, 0.2) is 0 Å². The Morgan fingerprint density at radius 2 is 1.83 bits per heavy atom. The van der Waals surface area contributed by atoms with Crippen LogP contribution in [0.5, 0.6) is 0 Å². The summed E-state index contributed by atoms with van der Waals surface area (Å²) in [6.45, 7) is 12.0. The maximum absolute atomic E-state index is 5.84. The first-order chi connectivity index (χ1) is 5.54. The van der Waals surface area contributed by atoms with Crippen LogP contribution < -0.4 is 0 Å². The molecule has 74 valence electrons. The van der Waals surface area contributed by atoms with E-state index >= 15 is 0 Å². The van der Waals surface area contributed by atoms with Crippen molar-refractivity contribution in [2.45, 2.75) is 59.5 Å². The van der Waals surface area contributed by atoms with Gasteiger partial charge in [-0.2, -0.15) is 0 Å². The molecule has 0 bridgehead atoms. The van der Waals surface area contributed by atoms with Gasteiger partial charge in [-0.25, -0.2) is 0 Å². The molecule has 0 spiro atoms. The third-order valence-electron chi connectivity index (χ3n) is 2.24. The van der Waals surface area contributed by atoms with Gasteiger partial charge in [0.1, 0.15) is 0 Å². The predicted octanol–water partition coefficient (Wildman–Crippen LogP) is 3.63. The summed E-state index contributed by atoms with van der Waals surface area (Å²) in [4.78, 5) is 0. The van der Waals surface area contributed by atoms with Crippen molar-refractivity contribution in [3.05, 3.63) is 0 Å². The monoisotopic (exact) mass is 172 g/mol. The maximum Gasteiger partial charge on any atom is 0.0654 e. The Balaban J connectivity index is 3.86. The molecule has 0 aliphatic carbocycles. The van der Waals surface area contributed by atoms with E-state index in [1.807, 2.05) is 0 Å². The molecule has 0 rings (SSSR count). The Hall–Kier alpha value is -0.0400. The first-order valence-electron chi connectivity index (χ1n) is 5.18. The van der Waals surface area contributed by atoms with Gasteiger partial charge >= 0.3 is 0 Å². The fourth-order valence-electron chi connectivity index (χ4n) is 1.52. The lowest BCUT2D eigenvalue weighted by Gasteiger charge is -2.30. The van der Waals surface area contributed by atoms with Crippen LogP contribution in [0, 0.1) is 5.92 Å². The fraction of sp³-hybridized carbons (Fsp3) is 1.00. The van der Waals surface area contributed by atoms with Gasteiger partial charge in [-0.15, -0.1) is 0 Å². The summed E-state index contributed by atoms with van der Waals surface area (Å²) in [5.74, 6) is 0.729. The van der Waals surface area contributed by atoms with Gasteiger partial charge in [-0.3, -0.25) is 0 Å². The topological polar surface area (TPSA) is 9.23 Å². The van der Waals surface area contributed by atoms with Crippen LogP contribution in [0.3, 0.4) is 0 Å². The molecule has 0 N–H and O–H groups in total. The second-order valence-corrected chi connectivity index (χ2v) is 4.25. The zero-order valence-corrected chi connectivity index (χ0v) is 9.31. The minimum absolute atomic E-state index is 0.115. The van der Waals surface area contributed by atoms with Crippen molar-refractivity contribution in [3.8, 4) is 0 Å². The van der Waals surface area contributed by atoms with Gasteiger partial charge in [-0.05, 0) is 32.1 Å². The number of ether oxygens (including phenoxy) is 1. The van der Waals surface area contributed by atoms with Gasteiger partial charge < -0.3 is 4.74 Å². The van der Waals surface area contributed by atoms with E-state index in [2.05, 4.69) is 34.6 Å². The lowest BCUT2D eigenvalue weighted by Crippen LogP contribution is -2.30. The van der Waals surface area contributed by atoms with E-state index in [0.717, 1.165) is 25.4 Å². The molecular weight excluding hydrogens is 148 g/mol. The van der Waals surface area contributed by atoms with E-state index < -0.39 is 0 Å². The van der Waals surface area contributed by atoms with Crippen LogP contribution in [0.15, 0.2) is 0 Å². The van der Waals surface area contributed by atoms with Crippen LogP contribution in [0.1, 0.15) is 53.9 Å². The van der Waals surface area contributed by atoms with E-state index in [-0.39, 0.29) is 5.60 Å². The average molecular weight is 172 g/mol. The highest BCUT2D eigenvalue weighted by molar-refractivity contribution is 4.74. The summed E-state index contributed by atoms with van der Waals surface area (Å²) < 4.78 is 5.84. The molecule has 0 aromatic carbocycles. The van der Waals surface area contributed by atoms with Crippen LogP contribution >= 0.6 is 0 Å². The summed E-state index contributed by atoms with van der Waals surface area (Å²) in [5.41, 5.74) is 0.115. The van der Waals surface area contributed by atoms with E-state index in [1.165, 1.54) is 6.42 Å². The quantitative estimate of drug-likeness (QED) is 0.594. The van der Waals surface area contributed by atoms with E-state index in [0.29, 0.717) is 0 Å². The number of rotatable bonds is 6. The first kappa shape index (κ1) is 12.0. The zero-order chi connectivity index (χ0) is 9.61. The standard InChI is InChI=1S/C11H24O/c1-6-8-12-11(5,7-2)9-10(3)4/h10H,6-9H2,1-5H3. The molecule has 1 unspecified atom stereocenters. The Morgan fingerprint density at radius 3 is 2.17 bits per heavy atom. The third-order valence-corrected chi connectivity index (χ3v) is 2.24. The highest BCUT2D eigenvalue weighted by Crippen LogP contribution is 2.24. The molecule has 0 saturated heterocycles. The van der Waals surface area contributed by atoms with Gasteiger partial charge in [0.25, 0.3) is 0 Å². The van der Waals surface area contributed by atoms with Crippen molar-refractivity contribution >= 4 is 0 Å². The van der Waals surface area contributed by atoms with Crippen LogP contribution in [0.2, 0.25) is 0 Å². The van der Waals surface area contributed by atoms with Gasteiger partial charge in [-0.1, -0.05) is 27.7 Å². The number of hydrogen-bond acceptors (Lipinski definition) is 1. The highest BCUT2D eigenvalue weighted by atomic mass is 16.5. The van der Waals surface area contributed by atoms with Crippen molar-refractivity contribution in [1.29, 1.82) is 0 Å². The van der Waals surface area contributed by atoms with E-state index in [9.17, 15) is 0 Å². The van der Waals surface area contributed by atoms with E-state index in [1.54, 1.807) is 0 Å². The van der Waals surface area contributed by atoms with Crippen LogP contribution in [-0.2, 0) is 4.74 Å². The van der Waals surface area contributed by atoms with Crippen molar-refractivity contribution in [2.24, 2.45) is 5.92 Å². The molecule has 0 aromatic rings. The third kappa shape index (κ3) is 4.76. The maximum atomic E-state index is 5.84. The molecular formula is C11H24O. The van der Waals surface area contributed by atoms with Crippen molar-refractivity contribution < 1.29 is 4.74 Å². The molecule has 0 aliphatic rings. The Bertz CT molecular complexity index is 110. The average Bonchev–Trinajstić information content (AvgIpc) is 2.00. The summed E-state index contributed by atoms with van der Waals surface area (Å²) in [5, 5.41) is 0. The second kappa shape index (κ2) is 5.58. The van der Waals surface area contributed by atoms with Crippen molar-refractivity contribution in [3.63, 3.8) is 0 Å². The lowest BCUT2D eigenvalue weighted by molar-refractivity contribution is -0.0477. The Morgan fingerprint density at radius 1 is 1.25 bits per heavy atom. The lowest BCUT2D eigenvalue weighted by atomic mass is 9.92. The summed E-state index contributed by atoms with van der Waals surface area (Å²) in [6, 6.07) is 0. The Labute approximate surface area is 77.5 Å². The van der Waals surface area contributed by atoms with E-state index in [4.69, 9.17) is 4.74 Å².